The number of benzene rings is 3. The lowest BCUT2D eigenvalue weighted by molar-refractivity contribution is -0.132. The first-order chi connectivity index (χ1) is 21.4. The van der Waals surface area contributed by atoms with E-state index < -0.39 is 17.7 Å². The molecule has 1 amide bonds. The molecule has 8 nitrogen and oxygen atoms in total. The molecule has 220 valence electrons. The Kier molecular flexibility index (Phi) is 8.94. The highest BCUT2D eigenvalue weighted by Crippen LogP contribution is 2.44. The number of aliphatic hydroxyl groups is 1. The van der Waals surface area contributed by atoms with Gasteiger partial charge in [0.15, 0.2) is 4.34 Å². The Morgan fingerprint density at radius 2 is 1.75 bits per heavy atom. The van der Waals surface area contributed by atoms with Crippen LogP contribution in [0.4, 0.5) is 5.13 Å². The van der Waals surface area contributed by atoms with Gasteiger partial charge in [0.05, 0.1) is 11.6 Å². The standard InChI is InChI=1S/C32H22Cl2N4O4S2/c33-23-10-9-22(25(34)16-23)18-43-32-37-36-31(44-32)38-27(26(29(40)30(38)41)28(39)20-11-13-35-14-12-20)21-7-4-8-24(15-21)42-17-19-5-2-1-3-6-19/h1-16,27,39H,17-18H2/b28-26+. The summed E-state index contributed by atoms with van der Waals surface area (Å²) >= 11 is 14.9. The van der Waals surface area contributed by atoms with Crippen LogP contribution in [0.15, 0.2) is 107 Å². The predicted octanol–water partition coefficient (Wildman–Crippen LogP) is 7.74. The lowest BCUT2D eigenvalue weighted by atomic mass is 9.95. The molecule has 1 aliphatic rings. The molecule has 1 aliphatic heterocycles. The zero-order valence-corrected chi connectivity index (χ0v) is 25.9. The Balaban J connectivity index is 1.35. The molecule has 3 heterocycles. The number of rotatable bonds is 9. The van der Waals surface area contributed by atoms with Crippen LogP contribution in [0.1, 0.15) is 28.3 Å². The number of aliphatic hydroxyl groups excluding tert-OH is 1. The van der Waals surface area contributed by atoms with Crippen LogP contribution >= 0.6 is 46.3 Å². The van der Waals surface area contributed by atoms with E-state index in [1.54, 1.807) is 48.5 Å². The number of hydrogen-bond acceptors (Lipinski definition) is 9. The number of carbonyl (C=O) groups is 2. The van der Waals surface area contributed by atoms with E-state index in [0.29, 0.717) is 43.6 Å². The molecule has 5 aromatic rings. The van der Waals surface area contributed by atoms with Gasteiger partial charge >= 0.3 is 5.91 Å². The molecule has 12 heteroatoms. The van der Waals surface area contributed by atoms with Crippen LogP contribution in [0.5, 0.6) is 5.75 Å². The van der Waals surface area contributed by atoms with Crippen molar-refractivity contribution in [3.63, 3.8) is 0 Å². The Morgan fingerprint density at radius 1 is 0.955 bits per heavy atom. The van der Waals surface area contributed by atoms with E-state index in [4.69, 9.17) is 27.9 Å². The van der Waals surface area contributed by atoms with E-state index in [1.807, 2.05) is 36.4 Å². The third-order valence-corrected chi connectivity index (χ3v) is 9.48. The number of aromatic nitrogens is 3. The number of pyridine rings is 1. The summed E-state index contributed by atoms with van der Waals surface area (Å²) in [6.07, 6.45) is 3.00. The highest BCUT2D eigenvalue weighted by atomic mass is 35.5. The van der Waals surface area contributed by atoms with Crippen molar-refractivity contribution in [3.05, 3.63) is 135 Å². The Morgan fingerprint density at radius 3 is 2.52 bits per heavy atom. The van der Waals surface area contributed by atoms with Gasteiger partial charge in [-0.25, -0.2) is 0 Å². The minimum atomic E-state index is -0.986. The highest BCUT2D eigenvalue weighted by molar-refractivity contribution is 8.00. The molecule has 1 fully saturated rings. The van der Waals surface area contributed by atoms with Crippen LogP contribution in [0.25, 0.3) is 5.76 Å². The van der Waals surface area contributed by atoms with Gasteiger partial charge < -0.3 is 9.84 Å². The number of ether oxygens (including phenoxy) is 1. The molecule has 3 aromatic carbocycles. The number of amides is 1. The van der Waals surface area contributed by atoms with Crippen molar-refractivity contribution in [2.75, 3.05) is 4.90 Å². The van der Waals surface area contributed by atoms with Gasteiger partial charge in [0, 0.05) is 33.8 Å². The monoisotopic (exact) mass is 660 g/mol. The van der Waals surface area contributed by atoms with E-state index in [-0.39, 0.29) is 16.5 Å². The van der Waals surface area contributed by atoms with Gasteiger partial charge in [0.1, 0.15) is 18.1 Å². The van der Waals surface area contributed by atoms with Gasteiger partial charge in [-0.15, -0.1) is 10.2 Å². The number of hydrogen-bond donors (Lipinski definition) is 1. The quantitative estimate of drug-likeness (QED) is 0.0563. The second-order valence-electron chi connectivity index (χ2n) is 9.63. The van der Waals surface area contributed by atoms with E-state index in [0.717, 1.165) is 22.5 Å². The summed E-state index contributed by atoms with van der Waals surface area (Å²) in [4.78, 5) is 32.4. The smallest absolute Gasteiger partial charge is 0.301 e. The number of anilines is 1. The van der Waals surface area contributed by atoms with Crippen molar-refractivity contribution in [1.29, 1.82) is 0 Å². The second kappa shape index (κ2) is 13.2. The SMILES string of the molecule is O=C1C(=O)N(c2nnc(SCc3ccc(Cl)cc3Cl)s2)C(c2cccc(OCc3ccccc3)c2)/C1=C(\O)c1ccncc1. The van der Waals surface area contributed by atoms with E-state index >= 15 is 0 Å². The molecule has 0 bridgehead atoms. The molecule has 0 spiro atoms. The summed E-state index contributed by atoms with van der Waals surface area (Å²) in [5.74, 6) is -0.943. The van der Waals surface area contributed by atoms with E-state index in [9.17, 15) is 14.7 Å². The predicted molar refractivity (Wildman–Crippen MR) is 172 cm³/mol. The first-order valence-electron chi connectivity index (χ1n) is 13.3. The molecule has 1 atom stereocenters. The highest BCUT2D eigenvalue weighted by Gasteiger charge is 2.48. The fourth-order valence-electron chi connectivity index (χ4n) is 4.66. The Bertz CT molecular complexity index is 1870. The van der Waals surface area contributed by atoms with Crippen molar-refractivity contribution in [2.45, 2.75) is 22.7 Å². The molecule has 1 N–H and O–H groups in total. The molecule has 6 rings (SSSR count). The number of carbonyl (C=O) groups excluding carboxylic acids is 2. The van der Waals surface area contributed by atoms with Gasteiger partial charge in [0.2, 0.25) is 5.13 Å². The van der Waals surface area contributed by atoms with E-state index in [1.165, 1.54) is 29.1 Å². The largest absolute Gasteiger partial charge is 0.507 e. The zero-order chi connectivity index (χ0) is 30.6. The van der Waals surface area contributed by atoms with Crippen molar-refractivity contribution >= 4 is 68.9 Å². The van der Waals surface area contributed by atoms with Gasteiger partial charge in [0.25, 0.3) is 5.78 Å². The summed E-state index contributed by atoms with van der Waals surface area (Å²) < 4.78 is 6.61. The first kappa shape index (κ1) is 29.8. The topological polar surface area (TPSA) is 106 Å². The van der Waals surface area contributed by atoms with Crippen molar-refractivity contribution < 1.29 is 19.4 Å². The lowest BCUT2D eigenvalue weighted by Gasteiger charge is -2.23. The van der Waals surface area contributed by atoms with Crippen LogP contribution in [0.2, 0.25) is 10.0 Å². The summed E-state index contributed by atoms with van der Waals surface area (Å²) in [6.45, 7) is 0.329. The average molecular weight is 662 g/mol. The average Bonchev–Trinajstić information content (AvgIpc) is 3.62. The summed E-state index contributed by atoms with van der Waals surface area (Å²) in [6, 6.07) is 24.2. The molecule has 2 aromatic heterocycles. The van der Waals surface area contributed by atoms with E-state index in [2.05, 4.69) is 15.2 Å². The van der Waals surface area contributed by atoms with Gasteiger partial charge in [-0.1, -0.05) is 94.8 Å². The van der Waals surface area contributed by atoms with Gasteiger partial charge in [-0.2, -0.15) is 0 Å². The third kappa shape index (κ3) is 6.34. The first-order valence-corrected chi connectivity index (χ1v) is 15.8. The minimum absolute atomic E-state index is 0.0706. The maximum absolute atomic E-state index is 13.6. The molecule has 0 saturated carbocycles. The van der Waals surface area contributed by atoms with Crippen LogP contribution in [-0.4, -0.2) is 32.0 Å². The number of thioether (sulfide) groups is 1. The van der Waals surface area contributed by atoms with Crippen LogP contribution in [0.3, 0.4) is 0 Å². The number of ketones is 1. The van der Waals surface area contributed by atoms with Crippen LogP contribution in [-0.2, 0) is 21.9 Å². The van der Waals surface area contributed by atoms with Crippen LogP contribution in [0, 0.1) is 0 Å². The molecular formula is C32H22Cl2N4O4S2. The van der Waals surface area contributed by atoms with Crippen molar-refractivity contribution in [2.24, 2.45) is 0 Å². The zero-order valence-electron chi connectivity index (χ0n) is 22.8. The molecule has 0 radical (unpaired) electrons. The molecule has 0 aliphatic carbocycles. The minimum Gasteiger partial charge on any atom is -0.507 e. The molecule has 44 heavy (non-hydrogen) atoms. The fraction of sp³-hybridized carbons (Fsp3) is 0.0938. The van der Waals surface area contributed by atoms with Crippen molar-refractivity contribution in [3.8, 4) is 5.75 Å². The third-order valence-electron chi connectivity index (χ3n) is 6.79. The summed E-state index contributed by atoms with van der Waals surface area (Å²) in [7, 11) is 0. The Hall–Kier alpha value is -4.22. The van der Waals surface area contributed by atoms with Crippen molar-refractivity contribution in [1.82, 2.24) is 15.2 Å². The normalized spacial score (nSPS) is 16.0. The maximum Gasteiger partial charge on any atom is 0.301 e. The molecular weight excluding hydrogens is 639 g/mol. The number of nitrogens with zero attached hydrogens (tertiary/aromatic N) is 4. The second-order valence-corrected chi connectivity index (χ2v) is 12.6. The lowest BCUT2D eigenvalue weighted by Crippen LogP contribution is -2.29. The number of Topliss-reactive ketones (excluding diaryl/α,β-unsaturated/α-hetero) is 1. The molecule has 1 unspecified atom stereocenters. The Labute approximate surface area is 271 Å². The fourth-order valence-corrected chi connectivity index (χ4v) is 7.09. The van der Waals surface area contributed by atoms with Crippen LogP contribution < -0.4 is 9.64 Å². The van der Waals surface area contributed by atoms with Gasteiger partial charge in [-0.05, 0) is 53.1 Å². The number of halogens is 2. The van der Waals surface area contributed by atoms with Gasteiger partial charge in [-0.3, -0.25) is 19.5 Å². The molecule has 1 saturated heterocycles. The summed E-state index contributed by atoms with van der Waals surface area (Å²) in [5.41, 5.74) is 2.69. The maximum atomic E-state index is 13.6. The summed E-state index contributed by atoms with van der Waals surface area (Å²) in [5, 5.41) is 21.2.